The van der Waals surface area contributed by atoms with Gasteiger partial charge in [-0.15, -0.1) is 0 Å². The van der Waals surface area contributed by atoms with Gasteiger partial charge in [-0.25, -0.2) is 0 Å². The molecule has 1 unspecified atom stereocenters. The van der Waals surface area contributed by atoms with Gasteiger partial charge in [-0.3, -0.25) is 13.9 Å². The minimum atomic E-state index is -0.258. The smallest absolute Gasteiger partial charge is 0.231 e. The van der Waals surface area contributed by atoms with Gasteiger partial charge in [0.25, 0.3) is 0 Å². The lowest BCUT2D eigenvalue weighted by molar-refractivity contribution is -0.133. The summed E-state index contributed by atoms with van der Waals surface area (Å²) in [5, 5.41) is 0. The molecule has 0 aliphatic heterocycles. The van der Waals surface area contributed by atoms with Crippen molar-refractivity contribution in [1.82, 2.24) is 9.21 Å². The lowest BCUT2D eigenvalue weighted by Gasteiger charge is -2.45. The highest BCUT2D eigenvalue weighted by Gasteiger charge is 2.39. The van der Waals surface area contributed by atoms with Crippen molar-refractivity contribution in [1.29, 1.82) is 0 Å². The van der Waals surface area contributed by atoms with Crippen molar-refractivity contribution in [3.05, 3.63) is 0 Å². The lowest BCUT2D eigenvalue weighted by Crippen LogP contribution is -2.45. The molecule has 2 amide bonds. The summed E-state index contributed by atoms with van der Waals surface area (Å²) in [6.45, 7) is 28.1. The van der Waals surface area contributed by atoms with Crippen LogP contribution in [-0.2, 0) is 19.1 Å². The zero-order valence-electron chi connectivity index (χ0n) is 27.5. The van der Waals surface area contributed by atoms with Crippen molar-refractivity contribution in [3.8, 4) is 0 Å². The molecule has 38 heavy (non-hydrogen) atoms. The Morgan fingerprint density at radius 1 is 0.842 bits per heavy atom. The van der Waals surface area contributed by atoms with Crippen molar-refractivity contribution >= 4 is 23.8 Å². The number of hydrogen-bond donors (Lipinski definition) is 0. The largest absolute Gasteiger partial charge is 0.378 e. The first-order valence-electron chi connectivity index (χ1n) is 14.5. The molecule has 0 rings (SSSR count). The number of rotatable bonds is 19. The van der Waals surface area contributed by atoms with Crippen LogP contribution in [0.5, 0.6) is 0 Å². The van der Waals surface area contributed by atoms with Crippen LogP contribution in [0.4, 0.5) is 0 Å². The minimum absolute atomic E-state index is 0.00418. The fraction of sp³-hybridized carbons (Fsp3) is 0.935. The van der Waals surface area contributed by atoms with Crippen molar-refractivity contribution in [3.63, 3.8) is 0 Å². The van der Waals surface area contributed by atoms with Crippen molar-refractivity contribution in [2.45, 2.75) is 127 Å². The minimum Gasteiger partial charge on any atom is -0.378 e. The normalized spacial score (nSPS) is 14.1. The fourth-order valence-corrected chi connectivity index (χ4v) is 5.23. The molecule has 0 fully saturated rings. The van der Waals surface area contributed by atoms with Crippen LogP contribution in [-0.4, -0.2) is 72.3 Å². The molecular formula is C31H62N2O4S. The van der Waals surface area contributed by atoms with Crippen molar-refractivity contribution < 1.29 is 19.1 Å². The first-order chi connectivity index (χ1) is 17.1. The number of carbonyl (C=O) groups is 2. The van der Waals surface area contributed by atoms with E-state index in [4.69, 9.17) is 9.47 Å². The predicted octanol–water partition coefficient (Wildman–Crippen LogP) is 7.46. The average molecular weight is 559 g/mol. The van der Waals surface area contributed by atoms with Crippen LogP contribution < -0.4 is 0 Å². The third-order valence-electron chi connectivity index (χ3n) is 7.95. The first kappa shape index (κ1) is 37.2. The molecule has 0 aliphatic carbocycles. The van der Waals surface area contributed by atoms with Crippen molar-refractivity contribution in [2.24, 2.45) is 22.2 Å². The standard InChI is InChI=1S/C31H62N2O4S/c1-15-26(34)33(14)38-23-28(5,6)16-19-37-31(11,12)17-18-36-25(4)21-29(7,8)30(9,10)22-32(13)27(35)20-24(2)3/h24-25H,15-23H2,1-14H3. The number of hydrogen-bond acceptors (Lipinski definition) is 5. The molecule has 0 heterocycles. The zero-order chi connectivity index (χ0) is 29.9. The van der Waals surface area contributed by atoms with E-state index in [1.807, 2.05) is 25.9 Å². The van der Waals surface area contributed by atoms with Crippen LogP contribution >= 0.6 is 11.9 Å². The third-order valence-corrected chi connectivity index (χ3v) is 9.45. The Labute approximate surface area is 240 Å². The van der Waals surface area contributed by atoms with E-state index in [2.05, 4.69) is 76.2 Å². The molecule has 7 heteroatoms. The summed E-state index contributed by atoms with van der Waals surface area (Å²) in [6, 6.07) is 0. The van der Waals surface area contributed by atoms with Gasteiger partial charge in [0.05, 0.1) is 11.7 Å². The Bertz CT molecular complexity index is 719. The summed E-state index contributed by atoms with van der Waals surface area (Å²) in [5.41, 5.74) is -0.214. The molecule has 0 bridgehead atoms. The summed E-state index contributed by atoms with van der Waals surface area (Å²) in [5.74, 6) is 1.63. The monoisotopic (exact) mass is 558 g/mol. The van der Waals surface area contributed by atoms with E-state index in [-0.39, 0.29) is 39.8 Å². The van der Waals surface area contributed by atoms with E-state index in [9.17, 15) is 9.59 Å². The van der Waals surface area contributed by atoms with Gasteiger partial charge >= 0.3 is 0 Å². The van der Waals surface area contributed by atoms with Gasteiger partial charge in [0.15, 0.2) is 0 Å². The maximum Gasteiger partial charge on any atom is 0.231 e. The summed E-state index contributed by atoms with van der Waals surface area (Å²) in [4.78, 5) is 26.2. The van der Waals surface area contributed by atoms with Crippen LogP contribution in [0.25, 0.3) is 0 Å². The Morgan fingerprint density at radius 3 is 1.95 bits per heavy atom. The van der Waals surface area contributed by atoms with E-state index in [1.165, 1.54) is 0 Å². The van der Waals surface area contributed by atoms with Crippen LogP contribution in [0, 0.1) is 22.2 Å². The zero-order valence-corrected chi connectivity index (χ0v) is 28.3. The van der Waals surface area contributed by atoms with Gasteiger partial charge in [-0.05, 0) is 74.1 Å². The second kappa shape index (κ2) is 15.9. The van der Waals surface area contributed by atoms with E-state index in [1.54, 1.807) is 16.3 Å². The number of ether oxygens (including phenoxy) is 2. The Balaban J connectivity index is 4.59. The van der Waals surface area contributed by atoms with Crippen LogP contribution in [0.1, 0.15) is 115 Å². The molecule has 0 aliphatic rings. The molecule has 6 nitrogen and oxygen atoms in total. The maximum atomic E-state index is 12.5. The topological polar surface area (TPSA) is 59.1 Å². The molecule has 0 saturated heterocycles. The summed E-state index contributed by atoms with van der Waals surface area (Å²) >= 11 is 1.59. The molecule has 0 aromatic carbocycles. The van der Waals surface area contributed by atoms with Crippen LogP contribution in [0.15, 0.2) is 0 Å². The average Bonchev–Trinajstić information content (AvgIpc) is 2.75. The lowest BCUT2D eigenvalue weighted by atomic mass is 9.65. The summed E-state index contributed by atoms with van der Waals surface area (Å²) in [6.07, 6.45) is 3.94. The number of carbonyl (C=O) groups excluding carboxylic acids is 2. The van der Waals surface area contributed by atoms with Gasteiger partial charge in [0, 0.05) is 52.4 Å². The van der Waals surface area contributed by atoms with Gasteiger partial charge in [0.2, 0.25) is 11.8 Å². The predicted molar refractivity (Wildman–Crippen MR) is 163 cm³/mol. The molecule has 0 aromatic rings. The highest BCUT2D eigenvalue weighted by Crippen LogP contribution is 2.43. The molecule has 0 aromatic heterocycles. The fourth-order valence-electron chi connectivity index (χ4n) is 4.27. The van der Waals surface area contributed by atoms with Gasteiger partial charge < -0.3 is 14.4 Å². The first-order valence-corrected chi connectivity index (χ1v) is 15.5. The van der Waals surface area contributed by atoms with Gasteiger partial charge in [-0.1, -0.05) is 62.3 Å². The molecule has 226 valence electrons. The Morgan fingerprint density at radius 2 is 1.42 bits per heavy atom. The number of nitrogens with zero attached hydrogens (tertiary/aromatic N) is 2. The molecule has 0 N–H and O–H groups in total. The van der Waals surface area contributed by atoms with Crippen molar-refractivity contribution in [2.75, 3.05) is 39.6 Å². The maximum absolute atomic E-state index is 12.5. The molecule has 0 saturated carbocycles. The Kier molecular flexibility index (Phi) is 15.5. The highest BCUT2D eigenvalue weighted by atomic mass is 32.2. The second-order valence-corrected chi connectivity index (χ2v) is 15.4. The SMILES string of the molecule is CCC(=O)N(C)SCC(C)(C)CCOC(C)(C)CCOC(C)CC(C)(C)C(C)(C)CN(C)C(=O)CC(C)C. The van der Waals surface area contributed by atoms with E-state index in [0.717, 1.165) is 31.6 Å². The van der Waals surface area contributed by atoms with Gasteiger partial charge in [0.1, 0.15) is 0 Å². The van der Waals surface area contributed by atoms with E-state index < -0.39 is 0 Å². The van der Waals surface area contributed by atoms with Gasteiger partial charge in [-0.2, -0.15) is 0 Å². The van der Waals surface area contributed by atoms with Crippen LogP contribution in [0.3, 0.4) is 0 Å². The summed E-state index contributed by atoms with van der Waals surface area (Å²) in [7, 11) is 3.78. The second-order valence-electron chi connectivity index (χ2n) is 14.3. The summed E-state index contributed by atoms with van der Waals surface area (Å²) < 4.78 is 14.3. The van der Waals surface area contributed by atoms with E-state index in [0.29, 0.717) is 32.0 Å². The van der Waals surface area contributed by atoms with E-state index >= 15 is 0 Å². The Hall–Kier alpha value is -0.790. The van der Waals surface area contributed by atoms with Crippen LogP contribution in [0.2, 0.25) is 0 Å². The number of amides is 2. The molecule has 1 atom stereocenters. The quantitative estimate of drug-likeness (QED) is 0.154. The third kappa shape index (κ3) is 14.6. The molecule has 0 spiro atoms. The molecule has 0 radical (unpaired) electrons. The highest BCUT2D eigenvalue weighted by molar-refractivity contribution is 7.97. The molecular weight excluding hydrogens is 496 g/mol.